The third-order valence-electron chi connectivity index (χ3n) is 3.99. The number of anilines is 2. The van der Waals surface area contributed by atoms with Crippen molar-refractivity contribution in [3.05, 3.63) is 47.5 Å². The topological polar surface area (TPSA) is 136 Å². The smallest absolute Gasteiger partial charge is 0.231 e. The summed E-state index contributed by atoms with van der Waals surface area (Å²) in [5.74, 6) is -0.659. The predicted octanol–water partition coefficient (Wildman–Crippen LogP) is 0.962. The molecular formula is C18H21AsN2O6. The Morgan fingerprint density at radius 2 is 1.85 bits per heavy atom. The SMILES string of the molecule is CC(=O)Nc1cc(C)c(O)c([As](=O)(O)O)c1.CC1C(=O)Nc2ccccc21. The van der Waals surface area contributed by atoms with Crippen LogP contribution in [0.25, 0.3) is 0 Å². The number of hydrogen-bond donors (Lipinski definition) is 5. The first-order valence-corrected chi connectivity index (χ1v) is 11.5. The van der Waals surface area contributed by atoms with Gasteiger partial charge >= 0.3 is 94.6 Å². The van der Waals surface area contributed by atoms with Crippen molar-refractivity contribution in [3.8, 4) is 5.75 Å². The molecule has 0 aliphatic carbocycles. The number of hydrogen-bond acceptors (Lipinski definition) is 4. The van der Waals surface area contributed by atoms with Crippen LogP contribution in [0.15, 0.2) is 36.4 Å². The van der Waals surface area contributed by atoms with Gasteiger partial charge in [0.05, 0.1) is 5.92 Å². The average molecular weight is 436 g/mol. The number of fused-ring (bicyclic) bond motifs is 1. The Morgan fingerprint density at radius 1 is 1.22 bits per heavy atom. The number of benzene rings is 2. The molecule has 0 aromatic heterocycles. The third kappa shape index (κ3) is 5.00. The van der Waals surface area contributed by atoms with Gasteiger partial charge in [0, 0.05) is 5.69 Å². The molecule has 1 aliphatic heterocycles. The second-order valence-electron chi connectivity index (χ2n) is 6.18. The summed E-state index contributed by atoms with van der Waals surface area (Å²) in [5, 5.41) is 14.7. The van der Waals surface area contributed by atoms with E-state index in [1.165, 1.54) is 19.9 Å². The van der Waals surface area contributed by atoms with Crippen molar-refractivity contribution in [2.75, 3.05) is 10.6 Å². The Bertz CT molecular complexity index is 937. The van der Waals surface area contributed by atoms with Crippen molar-refractivity contribution in [2.24, 2.45) is 0 Å². The van der Waals surface area contributed by atoms with E-state index in [1.54, 1.807) is 0 Å². The van der Waals surface area contributed by atoms with Crippen LogP contribution in [-0.4, -0.2) is 39.3 Å². The molecule has 2 amide bonds. The number of rotatable bonds is 2. The average Bonchev–Trinajstić information content (AvgIpc) is 2.85. The van der Waals surface area contributed by atoms with Crippen molar-refractivity contribution in [3.63, 3.8) is 0 Å². The van der Waals surface area contributed by atoms with Gasteiger partial charge in [-0.1, -0.05) is 18.2 Å². The van der Waals surface area contributed by atoms with Gasteiger partial charge in [-0.2, -0.15) is 0 Å². The molecule has 0 saturated carbocycles. The summed E-state index contributed by atoms with van der Waals surface area (Å²) in [6, 6.07) is 10.3. The van der Waals surface area contributed by atoms with Crippen molar-refractivity contribution < 1.29 is 26.6 Å². The molecule has 0 saturated heterocycles. The summed E-state index contributed by atoms with van der Waals surface area (Å²) in [6.07, 6.45) is 0. The van der Waals surface area contributed by atoms with Gasteiger partial charge < -0.3 is 5.32 Å². The maximum atomic E-state index is 11.1. The van der Waals surface area contributed by atoms with Crippen LogP contribution in [0.5, 0.6) is 5.75 Å². The van der Waals surface area contributed by atoms with Gasteiger partial charge in [0.15, 0.2) is 0 Å². The minimum Gasteiger partial charge on any atom is -0.325 e. The molecule has 0 bridgehead atoms. The first-order valence-electron chi connectivity index (χ1n) is 8.07. The monoisotopic (exact) mass is 436 g/mol. The molecule has 1 aliphatic rings. The minimum atomic E-state index is -5.19. The maximum absolute atomic E-state index is 11.1. The van der Waals surface area contributed by atoms with Gasteiger partial charge in [0.25, 0.3) is 0 Å². The molecule has 1 unspecified atom stereocenters. The number of aryl methyl sites for hydroxylation is 1. The molecule has 0 spiro atoms. The normalized spacial score (nSPS) is 15.3. The van der Waals surface area contributed by atoms with E-state index in [-0.39, 0.29) is 23.4 Å². The molecule has 2 aromatic carbocycles. The second kappa shape index (κ2) is 8.00. The van der Waals surface area contributed by atoms with Crippen LogP contribution < -0.4 is 15.0 Å². The van der Waals surface area contributed by atoms with Gasteiger partial charge in [-0.25, -0.2) is 0 Å². The summed E-state index contributed by atoms with van der Waals surface area (Å²) in [7, 11) is 0. The van der Waals surface area contributed by atoms with E-state index in [4.69, 9.17) is 8.19 Å². The number of amides is 2. The summed E-state index contributed by atoms with van der Waals surface area (Å²) >= 11 is -5.19. The molecule has 5 N–H and O–H groups in total. The molecule has 3 rings (SSSR count). The van der Waals surface area contributed by atoms with Crippen LogP contribution in [0.1, 0.15) is 30.9 Å². The van der Waals surface area contributed by atoms with E-state index in [0.717, 1.165) is 17.3 Å². The fraction of sp³-hybridized carbons (Fsp3) is 0.222. The molecule has 0 fully saturated rings. The zero-order valence-corrected chi connectivity index (χ0v) is 16.9. The molecule has 2 aromatic rings. The van der Waals surface area contributed by atoms with Gasteiger partial charge in [0.2, 0.25) is 5.91 Å². The van der Waals surface area contributed by atoms with Crippen LogP contribution in [0.2, 0.25) is 0 Å². The molecule has 144 valence electrons. The summed E-state index contributed by atoms with van der Waals surface area (Å²) < 4.78 is 28.8. The number of carbonyl (C=O) groups excluding carboxylic acids is 2. The zero-order valence-electron chi connectivity index (χ0n) is 15.1. The molecule has 9 heteroatoms. The summed E-state index contributed by atoms with van der Waals surface area (Å²) in [5.41, 5.74) is 2.62. The van der Waals surface area contributed by atoms with Crippen LogP contribution in [0, 0.1) is 6.92 Å². The van der Waals surface area contributed by atoms with E-state index in [9.17, 15) is 18.4 Å². The second-order valence-corrected chi connectivity index (χ2v) is 9.48. The number of phenols is 1. The van der Waals surface area contributed by atoms with Gasteiger partial charge in [-0.3, -0.25) is 4.79 Å². The molecule has 1 heterocycles. The molecule has 1 atom stereocenters. The standard InChI is InChI=1S/C9H12AsNO5.C9H9NO/c1-5-3-7(11-6(2)12)4-8(9(5)13)10(14,15)16;1-6-7-4-2-3-5-8(7)10-9(6)11/h3-4,13H,1-2H3,(H,11,12)(H2,14,15,16);2-6H,1H3,(H,10,11). The molecule has 0 radical (unpaired) electrons. The van der Waals surface area contributed by atoms with Gasteiger partial charge in [-0.05, 0) is 18.6 Å². The fourth-order valence-electron chi connectivity index (χ4n) is 2.63. The maximum Gasteiger partial charge on any atom is 0.231 e. The number of aromatic hydroxyl groups is 1. The quantitative estimate of drug-likeness (QED) is 0.352. The van der Waals surface area contributed by atoms with Crippen LogP contribution in [0.4, 0.5) is 11.4 Å². The number of nitrogens with one attached hydrogen (secondary N) is 2. The number of carbonyl (C=O) groups is 2. The first-order chi connectivity index (χ1) is 12.5. The molecular weight excluding hydrogens is 415 g/mol. The van der Waals surface area contributed by atoms with Crippen LogP contribution >= 0.6 is 0 Å². The Labute approximate surface area is 159 Å². The molecule has 27 heavy (non-hydrogen) atoms. The summed E-state index contributed by atoms with van der Waals surface area (Å²) in [6.45, 7) is 4.70. The van der Waals surface area contributed by atoms with Gasteiger partial charge in [0.1, 0.15) is 0 Å². The third-order valence-corrected chi connectivity index (χ3v) is 6.03. The minimum absolute atomic E-state index is 0.0196. The predicted molar refractivity (Wildman–Crippen MR) is 101 cm³/mol. The first kappa shape index (κ1) is 20.8. The van der Waals surface area contributed by atoms with Crippen molar-refractivity contribution in [2.45, 2.75) is 26.7 Å². The van der Waals surface area contributed by atoms with Crippen molar-refractivity contribution >= 4 is 41.7 Å². The number of phenolic OH excluding ortho intramolecular Hbond substituents is 1. The van der Waals surface area contributed by atoms with E-state index < -0.39 is 24.3 Å². The van der Waals surface area contributed by atoms with Crippen molar-refractivity contribution in [1.29, 1.82) is 0 Å². The molecule has 8 nitrogen and oxygen atoms in total. The van der Waals surface area contributed by atoms with Gasteiger partial charge in [-0.15, -0.1) is 0 Å². The van der Waals surface area contributed by atoms with Crippen molar-refractivity contribution in [1.82, 2.24) is 0 Å². The van der Waals surface area contributed by atoms with E-state index in [2.05, 4.69) is 10.6 Å². The van der Waals surface area contributed by atoms with Crippen LogP contribution in [0.3, 0.4) is 0 Å². The summed E-state index contributed by atoms with van der Waals surface area (Å²) in [4.78, 5) is 21.9. The van der Waals surface area contributed by atoms with E-state index >= 15 is 0 Å². The fourth-order valence-corrected chi connectivity index (χ4v) is 4.22. The Kier molecular flexibility index (Phi) is 6.15. The Morgan fingerprint density at radius 3 is 2.41 bits per heavy atom. The van der Waals surface area contributed by atoms with Crippen LogP contribution in [-0.2, 0) is 13.3 Å². The Hall–Kier alpha value is -2.54. The number of para-hydroxylation sites is 1. The zero-order chi connectivity index (χ0) is 20.4. The largest absolute Gasteiger partial charge is 0.325 e. The van der Waals surface area contributed by atoms with E-state index in [0.29, 0.717) is 5.56 Å². The van der Waals surface area contributed by atoms with E-state index in [1.807, 2.05) is 31.2 Å². The Balaban J connectivity index is 0.000000206.